The van der Waals surface area contributed by atoms with E-state index in [0.29, 0.717) is 29.9 Å². The van der Waals surface area contributed by atoms with Crippen LogP contribution in [0.1, 0.15) is 179 Å². The van der Waals surface area contributed by atoms with Crippen molar-refractivity contribution in [3.8, 4) is 17.2 Å². The van der Waals surface area contributed by atoms with Crippen LogP contribution < -0.4 is 9.47 Å². The molecule has 0 aliphatic rings. The van der Waals surface area contributed by atoms with E-state index < -0.39 is 17.6 Å². The molecule has 0 spiro atoms. The average Bonchev–Trinajstić information content (AvgIpc) is 3.08. The van der Waals surface area contributed by atoms with E-state index >= 15 is 0 Å². The van der Waals surface area contributed by atoms with Gasteiger partial charge in [-0.05, 0) is 95.0 Å². The predicted octanol–water partition coefficient (Wildman–Crippen LogP) is 11.5. The summed E-state index contributed by atoms with van der Waals surface area (Å²) in [6.45, 7) is 33.6. The van der Waals surface area contributed by atoms with Crippen molar-refractivity contribution in [2.75, 3.05) is 20.3 Å². The van der Waals surface area contributed by atoms with Gasteiger partial charge in [0.25, 0.3) is 0 Å². The van der Waals surface area contributed by atoms with Crippen molar-refractivity contribution in [3.05, 3.63) is 87.0 Å². The van der Waals surface area contributed by atoms with Gasteiger partial charge in [0.1, 0.15) is 22.8 Å². The standard InChI is InChI=1S/C48H71NO6/c1-17-19-23-54-41-36(44(4,5)6)26-34(27-37(41)45(7,8)9)48(52,31(3)49-30-33-25-32(43(51)53-16)21-22-40(33)50)35-28-38(46(10,11)12)42(55-24-20-18-2)39(29-35)47(13,14)15/h21-22,25-31,50,52H,17-20,23-24H2,1-16H3. The maximum atomic E-state index is 13.8. The lowest BCUT2D eigenvalue weighted by atomic mass is 9.71. The first-order valence-electron chi connectivity index (χ1n) is 20.1. The van der Waals surface area contributed by atoms with Crippen LogP contribution in [0.2, 0.25) is 0 Å². The molecule has 0 saturated carbocycles. The van der Waals surface area contributed by atoms with Crippen LogP contribution in [0.25, 0.3) is 0 Å². The van der Waals surface area contributed by atoms with E-state index in [2.05, 4.69) is 121 Å². The summed E-state index contributed by atoms with van der Waals surface area (Å²) in [4.78, 5) is 17.4. The molecule has 0 radical (unpaired) electrons. The molecule has 3 aromatic carbocycles. The van der Waals surface area contributed by atoms with Crippen molar-refractivity contribution < 1.29 is 29.2 Å². The lowest BCUT2D eigenvalue weighted by Gasteiger charge is -2.39. The van der Waals surface area contributed by atoms with Gasteiger partial charge in [-0.15, -0.1) is 0 Å². The Hall–Kier alpha value is -3.84. The highest BCUT2D eigenvalue weighted by Crippen LogP contribution is 2.48. The largest absolute Gasteiger partial charge is 0.507 e. The molecule has 1 unspecified atom stereocenters. The van der Waals surface area contributed by atoms with Crippen molar-refractivity contribution in [1.29, 1.82) is 0 Å². The van der Waals surface area contributed by atoms with E-state index in [1.807, 2.05) is 6.92 Å². The zero-order chi connectivity index (χ0) is 41.7. The highest BCUT2D eigenvalue weighted by molar-refractivity contribution is 5.93. The molecule has 2 N–H and O–H groups in total. The third-order valence-corrected chi connectivity index (χ3v) is 10.3. The third kappa shape index (κ3) is 10.7. The lowest BCUT2D eigenvalue weighted by molar-refractivity contribution is 0.0580. The highest BCUT2D eigenvalue weighted by Gasteiger charge is 2.43. The molecule has 3 aromatic rings. The van der Waals surface area contributed by atoms with E-state index in [4.69, 9.17) is 19.2 Å². The quantitative estimate of drug-likeness (QED) is 0.0965. The van der Waals surface area contributed by atoms with Gasteiger partial charge in [-0.3, -0.25) is 4.99 Å². The second-order valence-corrected chi connectivity index (χ2v) is 19.2. The lowest BCUT2D eigenvalue weighted by Crippen LogP contribution is -2.40. The van der Waals surface area contributed by atoms with Crippen LogP contribution >= 0.6 is 0 Å². The number of carbonyl (C=O) groups excluding carboxylic acids is 1. The Morgan fingerprint density at radius 1 is 0.691 bits per heavy atom. The van der Waals surface area contributed by atoms with Gasteiger partial charge in [0.05, 0.1) is 31.9 Å². The molecule has 0 saturated heterocycles. The number of benzene rings is 3. The molecule has 1 atom stereocenters. The van der Waals surface area contributed by atoms with Crippen LogP contribution in [0.3, 0.4) is 0 Å². The third-order valence-electron chi connectivity index (χ3n) is 10.3. The normalized spacial score (nSPS) is 13.6. The number of hydrogen-bond donors (Lipinski definition) is 2. The van der Waals surface area contributed by atoms with Crippen molar-refractivity contribution in [2.45, 2.75) is 163 Å². The van der Waals surface area contributed by atoms with Crippen LogP contribution in [0, 0.1) is 0 Å². The van der Waals surface area contributed by atoms with Crippen molar-refractivity contribution in [1.82, 2.24) is 0 Å². The van der Waals surface area contributed by atoms with Gasteiger partial charge in [0.15, 0.2) is 0 Å². The fourth-order valence-electron chi connectivity index (χ4n) is 6.73. The fourth-order valence-corrected chi connectivity index (χ4v) is 6.73. The summed E-state index contributed by atoms with van der Waals surface area (Å²) in [5.74, 6) is 1.18. The Kier molecular flexibility index (Phi) is 14.5. The highest BCUT2D eigenvalue weighted by atomic mass is 16.5. The SMILES string of the molecule is CCCCOc1c(C(C)(C)C)cc(C(O)(c2cc(C(C)(C)C)c(OCCCC)c(C(C)(C)C)c2)C(C)N=Cc2cc(C(=O)OC)ccc2O)cc1C(C)(C)C. The minimum absolute atomic E-state index is 0.0376. The molecule has 0 heterocycles. The molecular formula is C48H71NO6. The molecule has 304 valence electrons. The maximum absolute atomic E-state index is 13.8. The number of nitrogens with zero attached hydrogens (tertiary/aromatic N) is 1. The molecule has 0 bridgehead atoms. The molecule has 0 aliphatic carbocycles. The number of ether oxygens (including phenoxy) is 3. The first kappa shape index (κ1) is 45.5. The van der Waals surface area contributed by atoms with Crippen LogP contribution in [0.4, 0.5) is 0 Å². The number of methoxy groups -OCH3 is 1. The molecule has 55 heavy (non-hydrogen) atoms. The summed E-state index contributed by atoms with van der Waals surface area (Å²) in [6, 6.07) is 12.2. The summed E-state index contributed by atoms with van der Waals surface area (Å²) < 4.78 is 18.2. The molecule has 7 heteroatoms. The molecule has 0 aromatic heterocycles. The second kappa shape index (κ2) is 17.5. The number of aliphatic hydroxyl groups is 1. The first-order chi connectivity index (χ1) is 25.3. The topological polar surface area (TPSA) is 97.6 Å². The number of aromatic hydroxyl groups is 1. The van der Waals surface area contributed by atoms with E-state index in [1.165, 1.54) is 25.5 Å². The summed E-state index contributed by atoms with van der Waals surface area (Å²) in [5, 5.41) is 24.6. The number of hydrogen-bond acceptors (Lipinski definition) is 7. The zero-order valence-corrected chi connectivity index (χ0v) is 36.9. The molecule has 3 rings (SSSR count). The van der Waals surface area contributed by atoms with Crippen molar-refractivity contribution in [3.63, 3.8) is 0 Å². The number of rotatable bonds is 14. The summed E-state index contributed by atoms with van der Waals surface area (Å²) in [7, 11) is 1.32. The molecular weight excluding hydrogens is 687 g/mol. The molecule has 0 fully saturated rings. The van der Waals surface area contributed by atoms with Gasteiger partial charge < -0.3 is 24.4 Å². The average molecular weight is 758 g/mol. The second-order valence-electron chi connectivity index (χ2n) is 19.2. The Morgan fingerprint density at radius 3 is 1.40 bits per heavy atom. The van der Waals surface area contributed by atoms with Crippen LogP contribution in [-0.2, 0) is 32.0 Å². The first-order valence-corrected chi connectivity index (χ1v) is 20.1. The van der Waals surface area contributed by atoms with E-state index in [9.17, 15) is 15.0 Å². The number of esters is 1. The Morgan fingerprint density at radius 2 is 1.07 bits per heavy atom. The van der Waals surface area contributed by atoms with Crippen molar-refractivity contribution >= 4 is 12.2 Å². The number of unbranched alkanes of at least 4 members (excludes halogenated alkanes) is 2. The number of phenolic OH excluding ortho intramolecular Hbond substituents is 1. The van der Waals surface area contributed by atoms with Gasteiger partial charge in [-0.2, -0.15) is 0 Å². The Labute approximate surface area is 332 Å². The van der Waals surface area contributed by atoms with Gasteiger partial charge in [0.2, 0.25) is 0 Å². The van der Waals surface area contributed by atoms with Gasteiger partial charge in [-0.1, -0.05) is 110 Å². The van der Waals surface area contributed by atoms with E-state index in [-0.39, 0.29) is 33.0 Å². The number of carbonyl (C=O) groups is 1. The smallest absolute Gasteiger partial charge is 0.337 e. The fraction of sp³-hybridized carbons (Fsp3) is 0.583. The Bertz CT molecular complexity index is 1650. The van der Waals surface area contributed by atoms with Gasteiger partial charge in [-0.25, -0.2) is 4.79 Å². The zero-order valence-electron chi connectivity index (χ0n) is 36.9. The summed E-state index contributed by atoms with van der Waals surface area (Å²) >= 11 is 0. The number of phenols is 1. The monoisotopic (exact) mass is 758 g/mol. The number of aliphatic imine (C=N–C) groups is 1. The Balaban J connectivity index is 2.57. The molecule has 0 amide bonds. The predicted molar refractivity (Wildman–Crippen MR) is 228 cm³/mol. The van der Waals surface area contributed by atoms with Crippen LogP contribution in [0.15, 0.2) is 47.5 Å². The van der Waals surface area contributed by atoms with Crippen LogP contribution in [0.5, 0.6) is 17.2 Å². The minimum Gasteiger partial charge on any atom is -0.507 e. The minimum atomic E-state index is -1.67. The summed E-state index contributed by atoms with van der Waals surface area (Å²) in [6.07, 6.45) is 5.45. The van der Waals surface area contributed by atoms with Crippen molar-refractivity contribution in [2.24, 2.45) is 4.99 Å². The molecule has 7 nitrogen and oxygen atoms in total. The maximum Gasteiger partial charge on any atom is 0.337 e. The van der Waals surface area contributed by atoms with E-state index in [1.54, 1.807) is 6.07 Å². The van der Waals surface area contributed by atoms with Gasteiger partial charge >= 0.3 is 5.97 Å². The van der Waals surface area contributed by atoms with E-state index in [0.717, 1.165) is 59.4 Å². The van der Waals surface area contributed by atoms with Crippen LogP contribution in [-0.4, -0.2) is 48.8 Å². The molecule has 0 aliphatic heterocycles. The summed E-state index contributed by atoms with van der Waals surface area (Å²) in [5.41, 5.74) is 3.09. The van der Waals surface area contributed by atoms with Gasteiger partial charge in [0, 0.05) is 34.0 Å².